The predicted octanol–water partition coefficient (Wildman–Crippen LogP) is 7.24. The third kappa shape index (κ3) is 8.51. The molecule has 5 rings (SSSR count). The van der Waals surface area contributed by atoms with E-state index in [1.807, 2.05) is 30.3 Å². The monoisotopic (exact) mass is 566 g/mol. The van der Waals surface area contributed by atoms with Crippen molar-refractivity contribution in [1.82, 2.24) is 0 Å². The smallest absolute Gasteiger partial charge is 0.119 e. The van der Waals surface area contributed by atoms with Crippen LogP contribution in [-0.2, 0) is 35.8 Å². The van der Waals surface area contributed by atoms with Crippen molar-refractivity contribution in [1.29, 1.82) is 0 Å². The van der Waals surface area contributed by atoms with E-state index in [2.05, 4.69) is 76.5 Å². The highest BCUT2D eigenvalue weighted by Crippen LogP contribution is 2.25. The van der Waals surface area contributed by atoms with Crippen molar-refractivity contribution in [2.75, 3.05) is 50.3 Å². The van der Waals surface area contributed by atoms with E-state index in [4.69, 9.17) is 18.9 Å². The van der Waals surface area contributed by atoms with Crippen LogP contribution in [0.25, 0.3) is 0 Å². The molecular weight excluding hydrogens is 524 g/mol. The lowest BCUT2D eigenvalue weighted by molar-refractivity contribution is 0.0338. The molecule has 0 spiro atoms. The van der Waals surface area contributed by atoms with Crippen molar-refractivity contribution in [3.05, 3.63) is 119 Å². The molecule has 0 amide bonds. The molecule has 42 heavy (non-hydrogen) atoms. The Balaban J connectivity index is 1.17. The summed E-state index contributed by atoms with van der Waals surface area (Å²) < 4.78 is 22.4. The van der Waals surface area contributed by atoms with Crippen molar-refractivity contribution in [2.24, 2.45) is 0 Å². The Morgan fingerprint density at radius 3 is 1.79 bits per heavy atom. The Morgan fingerprint density at radius 2 is 1.14 bits per heavy atom. The number of ether oxygens (including phenoxy) is 4. The van der Waals surface area contributed by atoms with Crippen LogP contribution in [-0.4, -0.2) is 40.5 Å². The highest BCUT2D eigenvalue weighted by Gasteiger charge is 2.14. The van der Waals surface area contributed by atoms with Crippen LogP contribution in [0.4, 0.5) is 11.4 Å². The fourth-order valence-corrected chi connectivity index (χ4v) is 5.30. The lowest BCUT2D eigenvalue weighted by Gasteiger charge is -2.26. The summed E-state index contributed by atoms with van der Waals surface area (Å²) in [4.78, 5) is 4.89. The van der Waals surface area contributed by atoms with Gasteiger partial charge < -0.3 is 28.7 Å². The van der Waals surface area contributed by atoms with Gasteiger partial charge in [0, 0.05) is 37.6 Å². The lowest BCUT2D eigenvalue weighted by Crippen LogP contribution is -2.22. The average molecular weight is 567 g/mol. The standard InChI is InChI=1S/C36H42N2O4/c1-39-35-9-5-7-31(23-35)26-38(25-29-11-15-33(16-12-29)37-19-3-4-20-37)34-17-13-30(14-18-34)27-41-21-22-42-28-32-8-6-10-36(24-32)40-2/h5-18,23-24H,3-4,19-22,25-28H2,1-2H3. The Morgan fingerprint density at radius 1 is 0.595 bits per heavy atom. The molecule has 1 saturated heterocycles. The van der Waals surface area contributed by atoms with Gasteiger partial charge in [-0.25, -0.2) is 0 Å². The fraction of sp³-hybridized carbons (Fsp3) is 0.333. The predicted molar refractivity (Wildman–Crippen MR) is 170 cm³/mol. The number of benzene rings is 4. The maximum Gasteiger partial charge on any atom is 0.119 e. The minimum Gasteiger partial charge on any atom is -0.497 e. The first-order valence-electron chi connectivity index (χ1n) is 14.8. The maximum absolute atomic E-state index is 5.89. The molecule has 0 bridgehead atoms. The molecule has 4 aromatic carbocycles. The van der Waals surface area contributed by atoms with Gasteiger partial charge in [-0.15, -0.1) is 0 Å². The molecule has 0 aromatic heterocycles. The summed E-state index contributed by atoms with van der Waals surface area (Å²) in [6.45, 7) is 6.10. The van der Waals surface area contributed by atoms with Crippen molar-refractivity contribution in [3.8, 4) is 11.5 Å². The van der Waals surface area contributed by atoms with Crippen LogP contribution in [0.3, 0.4) is 0 Å². The molecule has 4 aromatic rings. The van der Waals surface area contributed by atoms with Gasteiger partial charge >= 0.3 is 0 Å². The first-order chi connectivity index (χ1) is 20.7. The molecule has 0 radical (unpaired) electrons. The van der Waals surface area contributed by atoms with E-state index in [-0.39, 0.29) is 0 Å². The van der Waals surface area contributed by atoms with Crippen molar-refractivity contribution >= 4 is 11.4 Å². The Kier molecular flexibility index (Phi) is 10.7. The molecule has 6 nitrogen and oxygen atoms in total. The van der Waals surface area contributed by atoms with Gasteiger partial charge in [0.15, 0.2) is 0 Å². The van der Waals surface area contributed by atoms with Crippen LogP contribution in [0.15, 0.2) is 97.1 Å². The minimum atomic E-state index is 0.541. The van der Waals surface area contributed by atoms with Gasteiger partial charge in [0.1, 0.15) is 11.5 Å². The zero-order valence-corrected chi connectivity index (χ0v) is 24.8. The molecule has 0 saturated carbocycles. The van der Waals surface area contributed by atoms with E-state index >= 15 is 0 Å². The largest absolute Gasteiger partial charge is 0.497 e. The molecule has 6 heteroatoms. The summed E-state index contributed by atoms with van der Waals surface area (Å²) in [5, 5.41) is 0. The summed E-state index contributed by atoms with van der Waals surface area (Å²) in [6, 6.07) is 34.0. The number of nitrogens with zero attached hydrogens (tertiary/aromatic N) is 2. The van der Waals surface area contributed by atoms with E-state index in [1.165, 1.54) is 35.3 Å². The SMILES string of the molecule is COc1cccc(COCCOCc2ccc(N(Cc3ccc(N4CCCC4)cc3)Cc3cccc(OC)c3)cc2)c1. The minimum absolute atomic E-state index is 0.541. The van der Waals surface area contributed by atoms with Crippen LogP contribution < -0.4 is 19.3 Å². The van der Waals surface area contributed by atoms with Crippen LogP contribution in [0, 0.1) is 0 Å². The summed E-state index contributed by atoms with van der Waals surface area (Å²) in [7, 11) is 3.39. The quantitative estimate of drug-likeness (QED) is 0.141. The summed E-state index contributed by atoms with van der Waals surface area (Å²) in [5.74, 6) is 1.72. The highest BCUT2D eigenvalue weighted by molar-refractivity contribution is 5.52. The zero-order valence-electron chi connectivity index (χ0n) is 24.8. The van der Waals surface area contributed by atoms with E-state index in [0.717, 1.165) is 48.8 Å². The Hall–Kier alpha value is -4.00. The van der Waals surface area contributed by atoms with Crippen LogP contribution in [0.2, 0.25) is 0 Å². The molecule has 0 N–H and O–H groups in total. The second kappa shape index (κ2) is 15.3. The molecule has 0 atom stereocenters. The van der Waals surface area contributed by atoms with Crippen molar-refractivity contribution in [3.63, 3.8) is 0 Å². The van der Waals surface area contributed by atoms with Gasteiger partial charge in [0.2, 0.25) is 0 Å². The van der Waals surface area contributed by atoms with Crippen molar-refractivity contribution < 1.29 is 18.9 Å². The molecule has 1 aliphatic heterocycles. The molecule has 1 fully saturated rings. The molecular formula is C36H42N2O4. The molecule has 1 heterocycles. The summed E-state index contributed by atoms with van der Waals surface area (Å²) in [6.07, 6.45) is 2.57. The third-order valence-electron chi connectivity index (χ3n) is 7.63. The van der Waals surface area contributed by atoms with E-state index in [9.17, 15) is 0 Å². The van der Waals surface area contributed by atoms with E-state index in [0.29, 0.717) is 26.4 Å². The second-order valence-electron chi connectivity index (χ2n) is 10.7. The lowest BCUT2D eigenvalue weighted by atomic mass is 10.1. The number of anilines is 2. The van der Waals surface area contributed by atoms with Crippen LogP contribution >= 0.6 is 0 Å². The fourth-order valence-electron chi connectivity index (χ4n) is 5.30. The summed E-state index contributed by atoms with van der Waals surface area (Å²) in [5.41, 5.74) is 7.23. The van der Waals surface area contributed by atoms with Gasteiger partial charge in [0.05, 0.1) is 40.6 Å². The summed E-state index contributed by atoms with van der Waals surface area (Å²) >= 11 is 0. The van der Waals surface area contributed by atoms with Gasteiger partial charge in [0.25, 0.3) is 0 Å². The Bertz CT molecular complexity index is 1370. The molecule has 220 valence electrons. The van der Waals surface area contributed by atoms with E-state index in [1.54, 1.807) is 14.2 Å². The number of hydrogen-bond acceptors (Lipinski definition) is 6. The first-order valence-corrected chi connectivity index (χ1v) is 14.8. The van der Waals surface area contributed by atoms with Crippen LogP contribution in [0.5, 0.6) is 11.5 Å². The third-order valence-corrected chi connectivity index (χ3v) is 7.63. The van der Waals surface area contributed by atoms with Gasteiger partial charge in [-0.3, -0.25) is 0 Å². The van der Waals surface area contributed by atoms with Crippen molar-refractivity contribution in [2.45, 2.75) is 39.1 Å². The van der Waals surface area contributed by atoms with Gasteiger partial charge in [-0.05, 0) is 83.6 Å². The van der Waals surface area contributed by atoms with Crippen LogP contribution in [0.1, 0.15) is 35.1 Å². The topological polar surface area (TPSA) is 43.4 Å². The second-order valence-corrected chi connectivity index (χ2v) is 10.7. The maximum atomic E-state index is 5.89. The number of methoxy groups -OCH3 is 2. The van der Waals surface area contributed by atoms with Gasteiger partial charge in [-0.1, -0.05) is 48.5 Å². The highest BCUT2D eigenvalue weighted by atomic mass is 16.5. The number of rotatable bonds is 15. The zero-order chi connectivity index (χ0) is 29.0. The molecule has 0 unspecified atom stereocenters. The Labute approximate surface area is 250 Å². The average Bonchev–Trinajstić information content (AvgIpc) is 3.59. The molecule has 0 aliphatic carbocycles. The van der Waals surface area contributed by atoms with E-state index < -0.39 is 0 Å². The van der Waals surface area contributed by atoms with Gasteiger partial charge in [-0.2, -0.15) is 0 Å². The normalized spacial score (nSPS) is 12.9. The first kappa shape index (κ1) is 29.5. The number of hydrogen-bond donors (Lipinski definition) is 0. The molecule has 1 aliphatic rings.